The number of carbonyl (C=O) groups is 1. The van der Waals surface area contributed by atoms with Crippen LogP contribution in [-0.4, -0.2) is 32.2 Å². The average molecular weight is 455 g/mol. The topological polar surface area (TPSA) is 89.9 Å². The number of aromatic nitrogens is 4. The Bertz CT molecular complexity index is 1400. The molecule has 0 unspecified atom stereocenters. The van der Waals surface area contributed by atoms with Crippen LogP contribution in [0.2, 0.25) is 5.02 Å². The van der Waals surface area contributed by atoms with E-state index in [4.69, 9.17) is 17.3 Å². The van der Waals surface area contributed by atoms with Gasteiger partial charge in [0, 0.05) is 24.8 Å². The molecular formula is C22H17ClF2N6O. The summed E-state index contributed by atoms with van der Waals surface area (Å²) in [6, 6.07) is 7.96. The highest BCUT2D eigenvalue weighted by Gasteiger charge is 2.27. The molecule has 2 aromatic carbocycles. The molecule has 0 atom stereocenters. The van der Waals surface area contributed by atoms with Crippen LogP contribution in [0, 0.1) is 11.6 Å². The molecule has 0 spiro atoms. The lowest BCUT2D eigenvalue weighted by molar-refractivity contribution is -0.117. The van der Waals surface area contributed by atoms with Crippen LogP contribution in [0.5, 0.6) is 0 Å². The fourth-order valence-electron chi connectivity index (χ4n) is 4.08. The lowest BCUT2D eigenvalue weighted by Crippen LogP contribution is -2.30. The summed E-state index contributed by atoms with van der Waals surface area (Å²) in [6.45, 7) is 0.461. The molecule has 0 saturated heterocycles. The van der Waals surface area contributed by atoms with E-state index in [2.05, 4.69) is 15.1 Å². The molecule has 0 fully saturated rings. The maximum atomic E-state index is 14.2. The first-order valence-corrected chi connectivity index (χ1v) is 10.2. The van der Waals surface area contributed by atoms with Crippen LogP contribution in [0.3, 0.4) is 0 Å². The zero-order chi connectivity index (χ0) is 22.6. The highest BCUT2D eigenvalue weighted by atomic mass is 35.5. The van der Waals surface area contributed by atoms with Gasteiger partial charge in [0.25, 0.3) is 0 Å². The summed E-state index contributed by atoms with van der Waals surface area (Å²) < 4.78 is 29.3. The number of benzene rings is 2. The number of hydrogen-bond acceptors (Lipinski definition) is 5. The first-order valence-electron chi connectivity index (χ1n) is 9.84. The molecule has 2 N–H and O–H groups in total. The van der Waals surface area contributed by atoms with Gasteiger partial charge < -0.3 is 10.6 Å². The van der Waals surface area contributed by atoms with Crippen molar-refractivity contribution < 1.29 is 13.6 Å². The van der Waals surface area contributed by atoms with E-state index in [0.717, 1.165) is 22.9 Å². The van der Waals surface area contributed by atoms with Crippen LogP contribution >= 0.6 is 11.6 Å². The molecular weight excluding hydrogens is 438 g/mol. The second-order valence-electron chi connectivity index (χ2n) is 7.58. The normalized spacial score (nSPS) is 13.1. The highest BCUT2D eigenvalue weighted by molar-refractivity contribution is 6.31. The molecule has 7 nitrogen and oxygen atoms in total. The predicted molar refractivity (Wildman–Crippen MR) is 117 cm³/mol. The van der Waals surface area contributed by atoms with Gasteiger partial charge in [-0.05, 0) is 35.7 Å². The van der Waals surface area contributed by atoms with E-state index in [0.29, 0.717) is 35.5 Å². The van der Waals surface area contributed by atoms with Crippen molar-refractivity contribution in [2.45, 2.75) is 12.8 Å². The van der Waals surface area contributed by atoms with Gasteiger partial charge >= 0.3 is 0 Å². The number of nitrogens with two attached hydrogens (primary N) is 1. The maximum Gasteiger partial charge on any atom is 0.231 e. The Morgan fingerprint density at radius 3 is 2.84 bits per heavy atom. The van der Waals surface area contributed by atoms with E-state index in [1.54, 1.807) is 16.6 Å². The van der Waals surface area contributed by atoms with Crippen LogP contribution in [0.4, 0.5) is 20.3 Å². The van der Waals surface area contributed by atoms with E-state index in [-0.39, 0.29) is 17.9 Å². The number of fused-ring (bicyclic) bond motifs is 2. The Morgan fingerprint density at radius 1 is 1.22 bits per heavy atom. The third-order valence-electron chi connectivity index (χ3n) is 5.66. The third-order valence-corrected chi connectivity index (χ3v) is 6.00. The number of halogens is 3. The van der Waals surface area contributed by atoms with Gasteiger partial charge in [-0.25, -0.2) is 23.4 Å². The minimum atomic E-state index is -0.906. The Balaban J connectivity index is 1.46. The van der Waals surface area contributed by atoms with Crippen molar-refractivity contribution in [3.63, 3.8) is 0 Å². The van der Waals surface area contributed by atoms with Crippen LogP contribution < -0.4 is 10.6 Å². The van der Waals surface area contributed by atoms with Gasteiger partial charge in [-0.2, -0.15) is 5.10 Å². The monoisotopic (exact) mass is 454 g/mol. The summed E-state index contributed by atoms with van der Waals surface area (Å²) in [6.07, 6.45) is 1.82. The minimum absolute atomic E-state index is 0.0573. The molecule has 0 aliphatic carbocycles. The van der Waals surface area contributed by atoms with Crippen LogP contribution in [-0.2, 0) is 24.7 Å². The number of carbonyl (C=O) groups excluding carboxylic acids is 1. The van der Waals surface area contributed by atoms with Gasteiger partial charge in [0.2, 0.25) is 5.91 Å². The van der Waals surface area contributed by atoms with Gasteiger partial charge in [-0.3, -0.25) is 4.79 Å². The smallest absolute Gasteiger partial charge is 0.231 e. The van der Waals surface area contributed by atoms with Gasteiger partial charge in [-0.15, -0.1) is 0 Å². The Kier molecular flexibility index (Phi) is 4.78. The largest absolute Gasteiger partial charge is 0.383 e. The van der Waals surface area contributed by atoms with Crippen molar-refractivity contribution in [3.8, 4) is 11.3 Å². The fourth-order valence-corrected chi connectivity index (χ4v) is 4.26. The number of amides is 1. The lowest BCUT2D eigenvalue weighted by Gasteiger charge is -2.18. The molecule has 10 heteroatoms. The third kappa shape index (κ3) is 3.16. The molecule has 0 radical (unpaired) electrons. The van der Waals surface area contributed by atoms with Gasteiger partial charge in [0.1, 0.15) is 34.5 Å². The fraction of sp³-hybridized carbons (Fsp3) is 0.182. The average Bonchev–Trinajstić information content (AvgIpc) is 3.36. The van der Waals surface area contributed by atoms with E-state index < -0.39 is 16.7 Å². The molecule has 32 heavy (non-hydrogen) atoms. The van der Waals surface area contributed by atoms with Gasteiger partial charge in [0.15, 0.2) is 5.65 Å². The maximum absolute atomic E-state index is 14.2. The van der Waals surface area contributed by atoms with E-state index in [1.807, 2.05) is 18.2 Å². The number of aryl methyl sites for hydroxylation is 1. The van der Waals surface area contributed by atoms with E-state index in [1.165, 1.54) is 12.4 Å². The summed E-state index contributed by atoms with van der Waals surface area (Å²) in [5, 5.41) is 4.62. The molecule has 2 aromatic heterocycles. The summed E-state index contributed by atoms with van der Waals surface area (Å²) in [7, 11) is 1.78. The number of hydrogen-bond donors (Lipinski definition) is 1. The summed E-state index contributed by atoms with van der Waals surface area (Å²) >= 11 is 5.64. The van der Waals surface area contributed by atoms with Crippen molar-refractivity contribution in [3.05, 3.63) is 64.4 Å². The number of anilines is 2. The number of nitrogens with zero attached hydrogens (tertiary/aromatic N) is 5. The second kappa shape index (κ2) is 7.52. The van der Waals surface area contributed by atoms with E-state index in [9.17, 15) is 13.6 Å². The molecule has 3 heterocycles. The van der Waals surface area contributed by atoms with Crippen molar-refractivity contribution in [1.82, 2.24) is 19.7 Å². The van der Waals surface area contributed by atoms with Crippen LogP contribution in [0.25, 0.3) is 22.3 Å². The van der Waals surface area contributed by atoms with Gasteiger partial charge in [0.05, 0.1) is 11.8 Å². The molecule has 0 saturated carbocycles. The van der Waals surface area contributed by atoms with E-state index >= 15 is 0 Å². The first kappa shape index (κ1) is 20.3. The first-order chi connectivity index (χ1) is 15.3. The van der Waals surface area contributed by atoms with Crippen LogP contribution in [0.15, 0.2) is 36.7 Å². The standard InChI is InChI=1S/C22H17ClF2N6O/c1-30-22-17(21(26)27-10-28-22)20(29-30)13-3-5-15-11(8-13)6-7-31(15)16(32)9-12-2-4-14(24)18(23)19(12)25/h2-5,8,10H,6-7,9H2,1H3,(H2,26,27,28). The molecule has 1 amide bonds. The molecule has 0 bridgehead atoms. The summed E-state index contributed by atoms with van der Waals surface area (Å²) in [5.74, 6) is -1.71. The Hall–Kier alpha value is -3.59. The molecule has 5 rings (SSSR count). The quantitative estimate of drug-likeness (QED) is 0.477. The molecule has 1 aliphatic rings. The van der Waals surface area contributed by atoms with Crippen molar-refractivity contribution in [1.29, 1.82) is 0 Å². The SMILES string of the molecule is Cn1nc(-c2ccc3c(c2)CCN3C(=O)Cc2ccc(F)c(Cl)c2F)c2c(N)ncnc21. The van der Waals surface area contributed by atoms with Crippen molar-refractivity contribution in [2.75, 3.05) is 17.2 Å². The molecule has 162 valence electrons. The Labute approximate surface area is 186 Å². The minimum Gasteiger partial charge on any atom is -0.383 e. The predicted octanol–water partition coefficient (Wildman–Crippen LogP) is 3.68. The lowest BCUT2D eigenvalue weighted by atomic mass is 10.0. The van der Waals surface area contributed by atoms with Crippen molar-refractivity contribution in [2.24, 2.45) is 7.05 Å². The molecule has 4 aromatic rings. The zero-order valence-electron chi connectivity index (χ0n) is 16.9. The number of rotatable bonds is 3. The van der Waals surface area contributed by atoms with Crippen molar-refractivity contribution >= 4 is 40.0 Å². The van der Waals surface area contributed by atoms with Crippen LogP contribution in [0.1, 0.15) is 11.1 Å². The summed E-state index contributed by atoms with van der Waals surface area (Å²) in [4.78, 5) is 22.8. The Morgan fingerprint density at radius 2 is 2.03 bits per heavy atom. The second-order valence-corrected chi connectivity index (χ2v) is 7.96. The zero-order valence-corrected chi connectivity index (χ0v) is 17.7. The highest BCUT2D eigenvalue weighted by Crippen LogP contribution is 2.36. The summed E-state index contributed by atoms with van der Waals surface area (Å²) in [5.41, 5.74) is 9.96. The van der Waals surface area contributed by atoms with Gasteiger partial charge in [-0.1, -0.05) is 23.7 Å². The molecule has 1 aliphatic heterocycles. The number of nitrogen functional groups attached to an aromatic ring is 1.